The van der Waals surface area contributed by atoms with Crippen LogP contribution < -0.4 is 0 Å². The van der Waals surface area contributed by atoms with Gasteiger partial charge in [-0.15, -0.1) is 0 Å². The molecule has 5 heteroatoms. The third kappa shape index (κ3) is 4.41. The number of ether oxygens (including phenoxy) is 3. The molecule has 2 aliphatic heterocycles. The fraction of sp³-hybridized carbons (Fsp3) is 0.600. The number of hydrogen-bond acceptors (Lipinski definition) is 4. The van der Waals surface area contributed by atoms with E-state index in [0.29, 0.717) is 13.2 Å². The summed E-state index contributed by atoms with van der Waals surface area (Å²) in [6, 6.07) is 10.2. The van der Waals surface area contributed by atoms with Crippen LogP contribution in [-0.4, -0.2) is 39.5 Å². The molecule has 0 unspecified atom stereocenters. The standard InChI is InChI=1S/C20H30O4Si/c1-20(2,3)25(4,5)24-17-12-11-16-18(23-19(17)22-16)14-21-13-15-9-7-6-8-10-15/h6-12,16-19H,13-14H2,1-5H3/t16-,17+,18-,19-/m1/s1. The molecule has 2 aliphatic rings. The Balaban J connectivity index is 1.52. The number of fused-ring (bicyclic) bond motifs is 2. The molecule has 0 amide bonds. The Labute approximate surface area is 152 Å². The molecular formula is C20H30O4Si. The molecule has 0 spiro atoms. The molecule has 0 radical (unpaired) electrons. The summed E-state index contributed by atoms with van der Waals surface area (Å²) in [5, 5.41) is 0.161. The molecule has 0 aliphatic carbocycles. The minimum atomic E-state index is -1.87. The summed E-state index contributed by atoms with van der Waals surface area (Å²) in [5.41, 5.74) is 1.17. The van der Waals surface area contributed by atoms with Crippen molar-refractivity contribution in [1.82, 2.24) is 0 Å². The van der Waals surface area contributed by atoms with Gasteiger partial charge < -0.3 is 18.6 Å². The lowest BCUT2D eigenvalue weighted by Crippen LogP contribution is -2.47. The SMILES string of the molecule is CC(C)(C)[Si](C)(C)O[C@H]1C=C[C@H]2O[C@@H]1O[C@@H]2COCc1ccccc1. The highest BCUT2D eigenvalue weighted by atomic mass is 28.4. The highest BCUT2D eigenvalue weighted by Gasteiger charge is 2.46. The zero-order chi connectivity index (χ0) is 18.1. The molecule has 0 aromatic heterocycles. The van der Waals surface area contributed by atoms with Crippen LogP contribution in [0.3, 0.4) is 0 Å². The Morgan fingerprint density at radius 3 is 2.44 bits per heavy atom. The van der Waals surface area contributed by atoms with Crippen LogP contribution in [0, 0.1) is 0 Å². The minimum absolute atomic E-state index is 0.0416. The minimum Gasteiger partial charge on any atom is -0.405 e. The fourth-order valence-electron chi connectivity index (χ4n) is 2.77. The van der Waals surface area contributed by atoms with Crippen molar-refractivity contribution in [3.05, 3.63) is 48.0 Å². The van der Waals surface area contributed by atoms with E-state index < -0.39 is 8.32 Å². The Kier molecular flexibility index (Phi) is 5.51. The van der Waals surface area contributed by atoms with Gasteiger partial charge in [0.25, 0.3) is 0 Å². The molecule has 25 heavy (non-hydrogen) atoms. The fourth-order valence-corrected chi connectivity index (χ4v) is 3.99. The predicted molar refractivity (Wildman–Crippen MR) is 101 cm³/mol. The first-order valence-corrected chi connectivity index (χ1v) is 12.0. The maximum Gasteiger partial charge on any atom is 0.193 e. The highest BCUT2D eigenvalue weighted by Crippen LogP contribution is 2.39. The molecule has 138 valence electrons. The van der Waals surface area contributed by atoms with Crippen molar-refractivity contribution >= 4 is 8.32 Å². The van der Waals surface area contributed by atoms with E-state index in [2.05, 4.69) is 58.2 Å². The average molecular weight is 363 g/mol. The molecule has 3 rings (SSSR count). The Hall–Kier alpha value is -0.983. The number of rotatable bonds is 6. The van der Waals surface area contributed by atoms with Crippen LogP contribution in [0.5, 0.6) is 0 Å². The maximum atomic E-state index is 6.46. The smallest absolute Gasteiger partial charge is 0.193 e. The molecule has 2 bridgehead atoms. The second-order valence-corrected chi connectivity index (χ2v) is 13.1. The predicted octanol–water partition coefficient (Wildman–Crippen LogP) is 4.27. The van der Waals surface area contributed by atoms with Crippen LogP contribution in [0.25, 0.3) is 0 Å². The van der Waals surface area contributed by atoms with Crippen LogP contribution in [0.1, 0.15) is 26.3 Å². The highest BCUT2D eigenvalue weighted by molar-refractivity contribution is 6.74. The first-order valence-electron chi connectivity index (χ1n) is 9.05. The van der Waals surface area contributed by atoms with Gasteiger partial charge in [0.15, 0.2) is 14.6 Å². The monoisotopic (exact) mass is 362 g/mol. The molecule has 1 aromatic rings. The lowest BCUT2D eigenvalue weighted by Gasteiger charge is -2.40. The van der Waals surface area contributed by atoms with Gasteiger partial charge in [-0.1, -0.05) is 63.3 Å². The first kappa shape index (κ1) is 18.8. The van der Waals surface area contributed by atoms with E-state index in [1.165, 1.54) is 5.56 Å². The van der Waals surface area contributed by atoms with E-state index in [1.807, 2.05) is 18.2 Å². The molecule has 1 saturated heterocycles. The van der Waals surface area contributed by atoms with Gasteiger partial charge in [-0.05, 0) is 23.7 Å². The molecular weight excluding hydrogens is 332 g/mol. The summed E-state index contributed by atoms with van der Waals surface area (Å²) >= 11 is 0. The van der Waals surface area contributed by atoms with Crippen molar-refractivity contribution in [2.24, 2.45) is 0 Å². The molecule has 1 fully saturated rings. The second-order valence-electron chi connectivity index (χ2n) is 8.37. The summed E-state index contributed by atoms with van der Waals surface area (Å²) in [6.45, 7) is 12.3. The molecule has 0 saturated carbocycles. The summed E-state index contributed by atoms with van der Waals surface area (Å²) < 4.78 is 24.4. The lowest BCUT2D eigenvalue weighted by atomic mass is 10.1. The number of hydrogen-bond donors (Lipinski definition) is 0. The van der Waals surface area contributed by atoms with Gasteiger partial charge in [0.1, 0.15) is 18.3 Å². The van der Waals surface area contributed by atoms with E-state index in [4.69, 9.17) is 18.6 Å². The largest absolute Gasteiger partial charge is 0.405 e. The third-order valence-corrected chi connectivity index (χ3v) is 9.83. The van der Waals surface area contributed by atoms with Gasteiger partial charge in [-0.2, -0.15) is 0 Å². The van der Waals surface area contributed by atoms with Gasteiger partial charge in [0.05, 0.1) is 13.2 Å². The topological polar surface area (TPSA) is 36.9 Å². The summed E-state index contributed by atoms with van der Waals surface area (Å²) in [7, 11) is -1.87. The Morgan fingerprint density at radius 2 is 1.76 bits per heavy atom. The summed E-state index contributed by atoms with van der Waals surface area (Å²) in [4.78, 5) is 0. The van der Waals surface area contributed by atoms with Crippen LogP contribution in [0.2, 0.25) is 18.1 Å². The van der Waals surface area contributed by atoms with Crippen molar-refractivity contribution in [3.8, 4) is 0 Å². The summed E-state index contributed by atoms with van der Waals surface area (Å²) in [5.74, 6) is 0. The van der Waals surface area contributed by atoms with E-state index in [0.717, 1.165) is 0 Å². The Bertz CT molecular complexity index is 593. The van der Waals surface area contributed by atoms with E-state index >= 15 is 0 Å². The van der Waals surface area contributed by atoms with E-state index in [1.54, 1.807) is 0 Å². The van der Waals surface area contributed by atoms with E-state index in [9.17, 15) is 0 Å². The molecule has 1 aromatic carbocycles. The van der Waals surface area contributed by atoms with Gasteiger partial charge >= 0.3 is 0 Å². The zero-order valence-corrected chi connectivity index (χ0v) is 16.9. The molecule has 0 N–H and O–H groups in total. The van der Waals surface area contributed by atoms with Crippen LogP contribution in [-0.2, 0) is 25.2 Å². The van der Waals surface area contributed by atoms with Gasteiger partial charge in [-0.25, -0.2) is 0 Å². The normalized spacial score (nSPS) is 29.2. The molecule has 4 atom stereocenters. The van der Waals surface area contributed by atoms with Crippen molar-refractivity contribution in [2.75, 3.05) is 6.61 Å². The van der Waals surface area contributed by atoms with Gasteiger partial charge in [0.2, 0.25) is 0 Å². The van der Waals surface area contributed by atoms with Gasteiger partial charge in [0, 0.05) is 0 Å². The van der Waals surface area contributed by atoms with Crippen molar-refractivity contribution in [1.29, 1.82) is 0 Å². The van der Waals surface area contributed by atoms with Crippen molar-refractivity contribution in [3.63, 3.8) is 0 Å². The number of benzene rings is 1. The van der Waals surface area contributed by atoms with E-state index in [-0.39, 0.29) is 29.6 Å². The van der Waals surface area contributed by atoms with Crippen LogP contribution in [0.15, 0.2) is 42.5 Å². The van der Waals surface area contributed by atoms with Crippen molar-refractivity contribution < 1.29 is 18.6 Å². The van der Waals surface area contributed by atoms with Gasteiger partial charge in [-0.3, -0.25) is 0 Å². The molecule has 2 heterocycles. The lowest BCUT2D eigenvalue weighted by molar-refractivity contribution is -0.123. The second kappa shape index (κ2) is 7.33. The Morgan fingerprint density at radius 1 is 1.04 bits per heavy atom. The van der Waals surface area contributed by atoms with Crippen LogP contribution >= 0.6 is 0 Å². The molecule has 4 nitrogen and oxygen atoms in total. The quantitative estimate of drug-likeness (QED) is 0.559. The zero-order valence-electron chi connectivity index (χ0n) is 15.9. The maximum absolute atomic E-state index is 6.46. The average Bonchev–Trinajstić information content (AvgIpc) is 2.87. The first-order chi connectivity index (χ1) is 11.8. The third-order valence-electron chi connectivity index (χ3n) is 5.36. The van der Waals surface area contributed by atoms with Crippen LogP contribution in [0.4, 0.5) is 0 Å². The van der Waals surface area contributed by atoms with Crippen molar-refractivity contribution in [2.45, 2.75) is 70.1 Å². The summed E-state index contributed by atoms with van der Waals surface area (Å²) in [6.07, 6.45) is 3.61.